The molecule has 0 bridgehead atoms. The average molecular weight is 520 g/mol. The van der Waals surface area contributed by atoms with E-state index in [4.69, 9.17) is 9.72 Å². The number of anilines is 3. The van der Waals surface area contributed by atoms with Gasteiger partial charge in [0.15, 0.2) is 0 Å². The van der Waals surface area contributed by atoms with Gasteiger partial charge in [0, 0.05) is 31.3 Å². The van der Waals surface area contributed by atoms with Gasteiger partial charge in [-0.25, -0.2) is 9.97 Å². The second-order valence-corrected chi connectivity index (χ2v) is 11.5. The van der Waals surface area contributed by atoms with Crippen LogP contribution in [0.3, 0.4) is 0 Å². The summed E-state index contributed by atoms with van der Waals surface area (Å²) in [5.74, 6) is 2.26. The van der Waals surface area contributed by atoms with Crippen molar-refractivity contribution in [1.29, 1.82) is 0 Å². The summed E-state index contributed by atoms with van der Waals surface area (Å²) >= 11 is 0. The van der Waals surface area contributed by atoms with E-state index >= 15 is 0 Å². The summed E-state index contributed by atoms with van der Waals surface area (Å²) in [7, 11) is 0. The first kappa shape index (κ1) is 25.0. The minimum absolute atomic E-state index is 0.119. The monoisotopic (exact) mass is 519 g/mol. The highest BCUT2D eigenvalue weighted by atomic mass is 16.5. The fourth-order valence-corrected chi connectivity index (χ4v) is 6.50. The van der Waals surface area contributed by atoms with Gasteiger partial charge in [0.25, 0.3) is 0 Å². The molecule has 2 N–H and O–H groups in total. The van der Waals surface area contributed by atoms with Gasteiger partial charge in [-0.2, -0.15) is 4.98 Å². The molecule has 3 fully saturated rings. The highest BCUT2D eigenvalue weighted by Gasteiger charge is 2.60. The number of amides is 2. The summed E-state index contributed by atoms with van der Waals surface area (Å²) in [5, 5.41) is 6.08. The van der Waals surface area contributed by atoms with Crippen molar-refractivity contribution in [1.82, 2.24) is 25.2 Å². The first-order chi connectivity index (χ1) is 18.4. The molecule has 0 unspecified atom stereocenters. The molecule has 2 aromatic heterocycles. The van der Waals surface area contributed by atoms with Gasteiger partial charge in [0.2, 0.25) is 17.8 Å². The van der Waals surface area contributed by atoms with Crippen LogP contribution in [0.5, 0.6) is 5.75 Å². The lowest BCUT2D eigenvalue weighted by molar-refractivity contribution is -0.141. The van der Waals surface area contributed by atoms with Gasteiger partial charge >= 0.3 is 0 Å². The van der Waals surface area contributed by atoms with Crippen molar-refractivity contribution in [2.45, 2.75) is 64.3 Å². The van der Waals surface area contributed by atoms with Crippen molar-refractivity contribution >= 4 is 29.4 Å². The number of ether oxygens (including phenoxy) is 1. The van der Waals surface area contributed by atoms with E-state index in [1.807, 2.05) is 17.0 Å². The molecule has 2 aromatic rings. The van der Waals surface area contributed by atoms with Crippen molar-refractivity contribution in [3.8, 4) is 5.75 Å². The third-order valence-corrected chi connectivity index (χ3v) is 9.02. The Morgan fingerprint density at radius 2 is 1.89 bits per heavy atom. The zero-order valence-electron chi connectivity index (χ0n) is 22.3. The predicted molar refractivity (Wildman–Crippen MR) is 143 cm³/mol. The molecule has 5 heterocycles. The molecule has 1 spiro atoms. The van der Waals surface area contributed by atoms with Crippen LogP contribution in [0.4, 0.5) is 17.6 Å². The molecule has 6 rings (SSSR count). The van der Waals surface area contributed by atoms with E-state index < -0.39 is 5.41 Å². The molecule has 4 aliphatic rings. The third kappa shape index (κ3) is 4.19. The molecule has 0 radical (unpaired) electrons. The average Bonchev–Trinajstić information content (AvgIpc) is 3.52. The van der Waals surface area contributed by atoms with E-state index in [-0.39, 0.29) is 23.3 Å². The molecular formula is C28H37N7O3. The van der Waals surface area contributed by atoms with Gasteiger partial charge < -0.3 is 15.4 Å². The number of hydrogen-bond acceptors (Lipinski definition) is 8. The SMILES string of the molecule is CC(C)C1(N2C(=O)[C@]3(CCNC3=O)Cc3cnc(Nc4ccc(OCCN5CCCC5)cn4)nc32)CCC1. The topological polar surface area (TPSA) is 113 Å². The third-order valence-electron chi connectivity index (χ3n) is 9.02. The number of carbonyl (C=O) groups is 2. The number of fused-ring (bicyclic) bond motifs is 1. The Hall–Kier alpha value is -3.27. The maximum Gasteiger partial charge on any atom is 0.244 e. The zero-order chi connectivity index (χ0) is 26.3. The van der Waals surface area contributed by atoms with Gasteiger partial charge in [-0.15, -0.1) is 0 Å². The number of likely N-dealkylation sites (tertiary alicyclic amines) is 1. The van der Waals surface area contributed by atoms with Crippen molar-refractivity contribution in [2.75, 3.05) is 43.0 Å². The minimum Gasteiger partial charge on any atom is -0.491 e. The van der Waals surface area contributed by atoms with E-state index in [1.165, 1.54) is 12.8 Å². The van der Waals surface area contributed by atoms with E-state index in [0.717, 1.165) is 50.2 Å². The van der Waals surface area contributed by atoms with Crippen LogP contribution in [0.2, 0.25) is 0 Å². The number of nitrogens with one attached hydrogen (secondary N) is 2. The van der Waals surface area contributed by atoms with E-state index in [2.05, 4.69) is 39.3 Å². The number of nitrogens with zero attached hydrogens (tertiary/aromatic N) is 5. The Kier molecular flexibility index (Phi) is 6.45. The minimum atomic E-state index is -1.06. The molecule has 10 heteroatoms. The van der Waals surface area contributed by atoms with Gasteiger partial charge in [-0.1, -0.05) is 13.8 Å². The van der Waals surface area contributed by atoms with Crippen LogP contribution in [0, 0.1) is 11.3 Å². The Morgan fingerprint density at radius 1 is 1.08 bits per heavy atom. The Labute approximate surface area is 223 Å². The lowest BCUT2D eigenvalue weighted by atomic mass is 9.65. The quantitative estimate of drug-likeness (QED) is 0.512. The molecule has 10 nitrogen and oxygen atoms in total. The summed E-state index contributed by atoms with van der Waals surface area (Å²) in [6.45, 7) is 8.71. The second kappa shape index (κ2) is 9.80. The van der Waals surface area contributed by atoms with Crippen LogP contribution >= 0.6 is 0 Å². The molecular weight excluding hydrogens is 482 g/mol. The normalized spacial score (nSPS) is 24.4. The smallest absolute Gasteiger partial charge is 0.244 e. The standard InChI is InChI=1S/C28H37N7O3/c1-19(2)28(8-5-9-28)35-23-20(16-27(25(35)37)10-11-29-24(27)36)17-31-26(33-23)32-22-7-6-21(18-30-22)38-15-14-34-12-3-4-13-34/h6-7,17-19H,3-5,8-16H2,1-2H3,(H,29,36)(H,30,31,32,33)/t27-/m1/s1. The van der Waals surface area contributed by atoms with Crippen molar-refractivity contribution in [3.05, 3.63) is 30.1 Å². The van der Waals surface area contributed by atoms with Crippen molar-refractivity contribution in [2.24, 2.45) is 11.3 Å². The largest absolute Gasteiger partial charge is 0.491 e. The van der Waals surface area contributed by atoms with E-state index in [0.29, 0.717) is 43.6 Å². The van der Waals surface area contributed by atoms with Crippen LogP contribution < -0.4 is 20.3 Å². The molecule has 0 aromatic carbocycles. The van der Waals surface area contributed by atoms with E-state index in [9.17, 15) is 9.59 Å². The Balaban J connectivity index is 1.23. The maximum absolute atomic E-state index is 14.1. The number of pyridine rings is 1. The van der Waals surface area contributed by atoms with Crippen LogP contribution in [0.1, 0.15) is 57.9 Å². The van der Waals surface area contributed by atoms with E-state index in [1.54, 1.807) is 12.4 Å². The molecule has 3 aliphatic heterocycles. The van der Waals surface area contributed by atoms with Crippen LogP contribution in [-0.2, 0) is 16.0 Å². The highest BCUT2D eigenvalue weighted by Crippen LogP contribution is 2.51. The lowest BCUT2D eigenvalue weighted by Crippen LogP contribution is -2.66. The van der Waals surface area contributed by atoms with Gasteiger partial charge in [-0.05, 0) is 69.7 Å². The fraction of sp³-hybridized carbons (Fsp3) is 0.607. The van der Waals surface area contributed by atoms with Crippen LogP contribution in [-0.4, -0.2) is 70.0 Å². The summed E-state index contributed by atoms with van der Waals surface area (Å²) in [5.41, 5.74) is -0.552. The number of rotatable bonds is 8. The number of carbonyl (C=O) groups excluding carboxylic acids is 2. The maximum atomic E-state index is 14.1. The number of aromatic nitrogens is 3. The molecule has 2 amide bonds. The summed E-state index contributed by atoms with van der Waals surface area (Å²) in [6, 6.07) is 3.73. The molecule has 38 heavy (non-hydrogen) atoms. The first-order valence-electron chi connectivity index (χ1n) is 14.0. The fourth-order valence-electron chi connectivity index (χ4n) is 6.50. The number of hydrogen-bond donors (Lipinski definition) is 2. The van der Waals surface area contributed by atoms with Crippen LogP contribution in [0.15, 0.2) is 24.5 Å². The van der Waals surface area contributed by atoms with Crippen molar-refractivity contribution < 1.29 is 14.3 Å². The summed E-state index contributed by atoms with van der Waals surface area (Å²) < 4.78 is 5.87. The molecule has 2 saturated heterocycles. The van der Waals surface area contributed by atoms with Gasteiger partial charge in [-0.3, -0.25) is 19.4 Å². The Morgan fingerprint density at radius 3 is 2.53 bits per heavy atom. The molecule has 1 saturated carbocycles. The lowest BCUT2D eigenvalue weighted by Gasteiger charge is -2.56. The highest BCUT2D eigenvalue weighted by molar-refractivity contribution is 6.15. The predicted octanol–water partition coefficient (Wildman–Crippen LogP) is 3.06. The summed E-state index contributed by atoms with van der Waals surface area (Å²) in [6.07, 6.45) is 9.71. The molecule has 202 valence electrons. The zero-order valence-corrected chi connectivity index (χ0v) is 22.3. The van der Waals surface area contributed by atoms with Crippen LogP contribution in [0.25, 0.3) is 0 Å². The second-order valence-electron chi connectivity index (χ2n) is 11.5. The Bertz CT molecular complexity index is 1210. The van der Waals surface area contributed by atoms with Gasteiger partial charge in [0.1, 0.15) is 29.4 Å². The molecule has 1 atom stereocenters. The summed E-state index contributed by atoms with van der Waals surface area (Å²) in [4.78, 5) is 45.2. The molecule has 1 aliphatic carbocycles. The first-order valence-corrected chi connectivity index (χ1v) is 14.0. The van der Waals surface area contributed by atoms with Crippen molar-refractivity contribution in [3.63, 3.8) is 0 Å². The van der Waals surface area contributed by atoms with Gasteiger partial charge in [0.05, 0.1) is 11.7 Å².